The van der Waals surface area contributed by atoms with Gasteiger partial charge in [0.25, 0.3) is 11.8 Å². The van der Waals surface area contributed by atoms with E-state index in [2.05, 4.69) is 10.2 Å². The number of amides is 4. The minimum atomic E-state index is -0.629. The van der Waals surface area contributed by atoms with Gasteiger partial charge in [-0.25, -0.2) is 4.79 Å². The lowest BCUT2D eigenvalue weighted by Crippen LogP contribution is -2.57. The molecule has 27 heavy (non-hydrogen) atoms. The molecule has 4 amide bonds. The smallest absolute Gasteiger partial charge is 0.331 e. The number of carbonyl (C=O) groups excluding carboxylic acids is 3. The molecule has 0 radical (unpaired) electrons. The highest BCUT2D eigenvalue weighted by atomic mass is 16.5. The summed E-state index contributed by atoms with van der Waals surface area (Å²) in [7, 11) is 0. The van der Waals surface area contributed by atoms with Crippen LogP contribution < -0.4 is 10.2 Å². The topological polar surface area (TPSA) is 79.0 Å². The summed E-state index contributed by atoms with van der Waals surface area (Å²) in [5, 5.41) is 2.33. The average molecular weight is 369 g/mol. The van der Waals surface area contributed by atoms with Crippen LogP contribution in [0.5, 0.6) is 0 Å². The molecule has 4 rings (SSSR count). The lowest BCUT2D eigenvalue weighted by atomic mass is 10.0. The second kappa shape index (κ2) is 7.52. The van der Waals surface area contributed by atoms with E-state index >= 15 is 0 Å². The molecule has 0 unspecified atom stereocenters. The quantitative estimate of drug-likeness (QED) is 0.651. The highest BCUT2D eigenvalue weighted by Gasteiger charge is 2.40. The second-order valence-electron chi connectivity index (χ2n) is 7.09. The number of barbiturate groups is 1. The van der Waals surface area contributed by atoms with Crippen molar-refractivity contribution >= 4 is 29.6 Å². The van der Waals surface area contributed by atoms with Gasteiger partial charge in [-0.15, -0.1) is 0 Å². The number of rotatable bonds is 3. The molecule has 0 aromatic heterocycles. The molecule has 1 aromatic rings. The van der Waals surface area contributed by atoms with E-state index in [4.69, 9.17) is 4.74 Å². The first kappa shape index (κ1) is 17.7. The van der Waals surface area contributed by atoms with Gasteiger partial charge in [-0.3, -0.25) is 19.8 Å². The number of carbonyl (C=O) groups is 3. The number of para-hydroxylation sites is 1. The Morgan fingerprint density at radius 3 is 2.48 bits per heavy atom. The summed E-state index contributed by atoms with van der Waals surface area (Å²) in [6.45, 7) is 2.81. The van der Waals surface area contributed by atoms with Crippen molar-refractivity contribution in [3.8, 4) is 0 Å². The van der Waals surface area contributed by atoms with Crippen LogP contribution in [0.2, 0.25) is 0 Å². The third-order valence-electron chi connectivity index (χ3n) is 5.41. The summed E-state index contributed by atoms with van der Waals surface area (Å²) in [5.74, 6) is -1.12. The number of ether oxygens (including phenoxy) is 1. The van der Waals surface area contributed by atoms with Crippen LogP contribution in [-0.2, 0) is 14.3 Å². The Balaban J connectivity index is 1.67. The average Bonchev–Trinajstić information content (AvgIpc) is 3.20. The lowest BCUT2D eigenvalue weighted by Gasteiger charge is -2.32. The molecule has 1 aromatic carbocycles. The molecule has 1 N–H and O–H groups in total. The molecule has 0 bridgehead atoms. The van der Waals surface area contributed by atoms with Crippen molar-refractivity contribution in [3.63, 3.8) is 0 Å². The fourth-order valence-corrected chi connectivity index (χ4v) is 4.02. The zero-order chi connectivity index (χ0) is 18.8. The predicted molar refractivity (Wildman–Crippen MR) is 100 cm³/mol. The number of imide groups is 2. The van der Waals surface area contributed by atoms with Gasteiger partial charge in [-0.05, 0) is 30.5 Å². The van der Waals surface area contributed by atoms with Crippen molar-refractivity contribution in [2.75, 3.05) is 31.2 Å². The first-order valence-corrected chi connectivity index (χ1v) is 9.47. The number of hydrogen-bond donors (Lipinski definition) is 1. The van der Waals surface area contributed by atoms with E-state index in [0.717, 1.165) is 50.0 Å². The molecule has 2 aliphatic heterocycles. The summed E-state index contributed by atoms with van der Waals surface area (Å²) in [6, 6.07) is 6.95. The number of hydrogen-bond acceptors (Lipinski definition) is 5. The van der Waals surface area contributed by atoms with E-state index < -0.39 is 17.8 Å². The van der Waals surface area contributed by atoms with Crippen molar-refractivity contribution in [3.05, 3.63) is 35.4 Å². The second-order valence-corrected chi connectivity index (χ2v) is 7.09. The summed E-state index contributed by atoms with van der Waals surface area (Å²) in [4.78, 5) is 41.0. The van der Waals surface area contributed by atoms with E-state index in [9.17, 15) is 14.4 Å². The van der Waals surface area contributed by atoms with Gasteiger partial charge in [0.05, 0.1) is 13.2 Å². The van der Waals surface area contributed by atoms with Gasteiger partial charge in [0, 0.05) is 24.8 Å². The molecule has 3 aliphatic rings. The molecule has 3 fully saturated rings. The molecule has 0 atom stereocenters. The minimum Gasteiger partial charge on any atom is -0.378 e. The van der Waals surface area contributed by atoms with Crippen molar-refractivity contribution in [2.24, 2.45) is 0 Å². The highest BCUT2D eigenvalue weighted by Crippen LogP contribution is 2.29. The van der Waals surface area contributed by atoms with Crippen LogP contribution in [-0.4, -0.2) is 55.1 Å². The fraction of sp³-hybridized carbons (Fsp3) is 0.450. The number of nitrogens with one attached hydrogen (secondary N) is 1. The maximum absolute atomic E-state index is 13.0. The number of anilines is 1. The standard InChI is InChI=1S/C20H23N3O4/c24-18-16(19(25)23(20(26)21-18)15-6-2-3-7-15)13-14-5-1-4-8-17(14)22-9-11-27-12-10-22/h1,4-5,8,13,15H,2-3,6-7,9-12H2,(H,21,24,26)/b16-13-. The highest BCUT2D eigenvalue weighted by molar-refractivity contribution is 6.31. The van der Waals surface area contributed by atoms with Gasteiger partial charge < -0.3 is 9.64 Å². The van der Waals surface area contributed by atoms with Gasteiger partial charge in [0.15, 0.2) is 0 Å². The van der Waals surface area contributed by atoms with E-state index in [1.54, 1.807) is 6.08 Å². The SMILES string of the molecule is O=C1NC(=O)N(C2CCCC2)C(=O)/C1=C\c1ccccc1N1CCOCC1. The minimum absolute atomic E-state index is 0.0159. The summed E-state index contributed by atoms with van der Waals surface area (Å²) in [6.07, 6.45) is 5.19. The Morgan fingerprint density at radius 2 is 1.74 bits per heavy atom. The van der Waals surface area contributed by atoms with E-state index in [1.165, 1.54) is 4.90 Å². The van der Waals surface area contributed by atoms with Crippen LogP contribution >= 0.6 is 0 Å². The van der Waals surface area contributed by atoms with Gasteiger partial charge in [-0.2, -0.15) is 0 Å². The summed E-state index contributed by atoms with van der Waals surface area (Å²) >= 11 is 0. The Kier molecular flexibility index (Phi) is 4.94. The maximum atomic E-state index is 13.0. The molecule has 7 nitrogen and oxygen atoms in total. The zero-order valence-electron chi connectivity index (χ0n) is 15.1. The molecule has 1 saturated carbocycles. The van der Waals surface area contributed by atoms with Gasteiger partial charge in [-0.1, -0.05) is 31.0 Å². The van der Waals surface area contributed by atoms with Crippen LogP contribution in [0.3, 0.4) is 0 Å². The normalized spacial score (nSPS) is 23.3. The Labute approximate surface area is 158 Å². The third kappa shape index (κ3) is 3.47. The van der Waals surface area contributed by atoms with Crippen LogP contribution in [0.25, 0.3) is 6.08 Å². The molecule has 0 spiro atoms. The largest absolute Gasteiger partial charge is 0.378 e. The Morgan fingerprint density at radius 1 is 1.04 bits per heavy atom. The molecular formula is C20H23N3O4. The Hall–Kier alpha value is -2.67. The van der Waals surface area contributed by atoms with Crippen LogP contribution in [0, 0.1) is 0 Å². The fourth-order valence-electron chi connectivity index (χ4n) is 4.02. The summed E-state index contributed by atoms with van der Waals surface area (Å²) < 4.78 is 5.41. The monoisotopic (exact) mass is 369 g/mol. The van der Waals surface area contributed by atoms with E-state index in [-0.39, 0.29) is 11.6 Å². The van der Waals surface area contributed by atoms with Crippen molar-refractivity contribution in [1.29, 1.82) is 0 Å². The first-order chi connectivity index (χ1) is 13.1. The summed E-state index contributed by atoms with van der Waals surface area (Å²) in [5.41, 5.74) is 1.76. The molecule has 142 valence electrons. The van der Waals surface area contributed by atoms with Gasteiger partial charge in [0.1, 0.15) is 5.57 Å². The lowest BCUT2D eigenvalue weighted by molar-refractivity contribution is -0.131. The van der Waals surface area contributed by atoms with Crippen LogP contribution in [0.4, 0.5) is 10.5 Å². The first-order valence-electron chi connectivity index (χ1n) is 9.47. The third-order valence-corrected chi connectivity index (χ3v) is 5.41. The molecule has 1 aliphatic carbocycles. The van der Waals surface area contributed by atoms with Gasteiger partial charge >= 0.3 is 6.03 Å². The van der Waals surface area contributed by atoms with E-state index in [1.807, 2.05) is 24.3 Å². The van der Waals surface area contributed by atoms with Crippen molar-refractivity contribution in [1.82, 2.24) is 10.2 Å². The van der Waals surface area contributed by atoms with Crippen LogP contribution in [0.15, 0.2) is 29.8 Å². The Bertz CT molecular complexity index is 792. The maximum Gasteiger partial charge on any atom is 0.331 e. The number of benzene rings is 1. The molecule has 2 saturated heterocycles. The predicted octanol–water partition coefficient (Wildman–Crippen LogP) is 1.93. The van der Waals surface area contributed by atoms with Crippen molar-refractivity contribution in [2.45, 2.75) is 31.7 Å². The molecule has 2 heterocycles. The van der Waals surface area contributed by atoms with E-state index in [0.29, 0.717) is 13.2 Å². The van der Waals surface area contributed by atoms with Crippen molar-refractivity contribution < 1.29 is 19.1 Å². The molecular weight excluding hydrogens is 346 g/mol. The zero-order valence-corrected chi connectivity index (χ0v) is 15.1. The van der Waals surface area contributed by atoms with Gasteiger partial charge in [0.2, 0.25) is 0 Å². The molecule has 7 heteroatoms. The number of urea groups is 1. The number of morpholine rings is 1. The number of nitrogens with zero attached hydrogens (tertiary/aromatic N) is 2. The van der Waals surface area contributed by atoms with Crippen LogP contribution in [0.1, 0.15) is 31.2 Å².